The number of ether oxygens (including phenoxy) is 2. The molecule has 0 fully saturated rings. The van der Waals surface area contributed by atoms with Gasteiger partial charge in [-0.2, -0.15) is 0 Å². The van der Waals surface area contributed by atoms with Crippen molar-refractivity contribution in [2.75, 3.05) is 14.2 Å². The molecule has 0 aliphatic carbocycles. The van der Waals surface area contributed by atoms with Gasteiger partial charge in [0.25, 0.3) is 0 Å². The zero-order chi connectivity index (χ0) is 20.1. The van der Waals surface area contributed by atoms with Gasteiger partial charge in [-0.25, -0.2) is 0 Å². The first-order valence-electron chi connectivity index (χ1n) is 9.43. The number of hydrogen-bond acceptors (Lipinski definition) is 2. The molecule has 160 valence electrons. The molecule has 0 aliphatic rings. The number of hydrogen-bond donors (Lipinski definition) is 0. The van der Waals surface area contributed by atoms with Gasteiger partial charge in [0.15, 0.2) is 0 Å². The fourth-order valence-corrected chi connectivity index (χ4v) is 5.89. The number of methoxy groups -OCH3 is 2. The van der Waals surface area contributed by atoms with E-state index in [1.165, 1.54) is 18.3 Å². The van der Waals surface area contributed by atoms with E-state index in [0.717, 1.165) is 22.6 Å². The molecule has 4 aromatic rings. The van der Waals surface area contributed by atoms with Crippen molar-refractivity contribution in [3.63, 3.8) is 0 Å². The molecule has 0 aromatic heterocycles. The van der Waals surface area contributed by atoms with Gasteiger partial charge in [-0.1, -0.05) is 0 Å². The van der Waals surface area contributed by atoms with Gasteiger partial charge in [0.2, 0.25) is 0 Å². The minimum Gasteiger partial charge on any atom is -0.147 e. The van der Waals surface area contributed by atoms with Gasteiger partial charge in [-0.05, 0) is 0 Å². The zero-order valence-corrected chi connectivity index (χ0v) is 21.2. The van der Waals surface area contributed by atoms with Gasteiger partial charge in [0, 0.05) is 0 Å². The van der Waals surface area contributed by atoms with Crippen molar-refractivity contribution in [1.82, 2.24) is 0 Å². The third-order valence-electron chi connectivity index (χ3n) is 4.75. The molecule has 0 aliphatic heterocycles. The quantitative estimate of drug-likeness (QED) is 0.286. The van der Waals surface area contributed by atoms with Gasteiger partial charge in [0.1, 0.15) is 0 Å². The molecule has 0 saturated carbocycles. The number of halogens is 2. The summed E-state index contributed by atoms with van der Waals surface area (Å²) in [7, 11) is 3.46. The van der Waals surface area contributed by atoms with Crippen LogP contribution < -0.4 is 16.7 Å². The van der Waals surface area contributed by atoms with Gasteiger partial charge in [-0.15, -0.1) is 24.8 Å². The Balaban J connectivity index is 0.00000171. The third kappa shape index (κ3) is 5.97. The minimum absolute atomic E-state index is 0. The third-order valence-corrected chi connectivity index (χ3v) is 7.54. The van der Waals surface area contributed by atoms with Gasteiger partial charge < -0.3 is 0 Å². The van der Waals surface area contributed by atoms with Crippen molar-refractivity contribution in [2.45, 2.75) is 0 Å². The van der Waals surface area contributed by atoms with Crippen molar-refractivity contribution < 1.29 is 9.47 Å². The van der Waals surface area contributed by atoms with Crippen LogP contribution in [0.25, 0.3) is 22.3 Å². The monoisotopic (exact) mass is 568 g/mol. The average molecular weight is 567 g/mol. The largest absolute Gasteiger partial charge is 0.147 e. The molecule has 0 radical (unpaired) electrons. The fraction of sp³-hybridized carbons (Fsp3) is 0.0769. The van der Waals surface area contributed by atoms with E-state index in [9.17, 15) is 0 Å². The maximum Gasteiger partial charge on any atom is -0.147 e. The Kier molecular flexibility index (Phi) is 9.75. The van der Waals surface area contributed by atoms with Crippen LogP contribution in [-0.2, 0) is 0 Å². The molecule has 0 amide bonds. The van der Waals surface area contributed by atoms with Gasteiger partial charge in [-0.3, -0.25) is 0 Å². The zero-order valence-electron chi connectivity index (χ0n) is 17.3. The molecule has 5 heteroatoms. The second-order valence-corrected chi connectivity index (χ2v) is 9.83. The van der Waals surface area contributed by atoms with Gasteiger partial charge >= 0.3 is 183 Å². The molecule has 4 aromatic carbocycles. The van der Waals surface area contributed by atoms with Crippen molar-refractivity contribution in [3.8, 4) is 33.8 Å². The molecule has 2 nitrogen and oxygen atoms in total. The first-order chi connectivity index (χ1) is 14.3. The van der Waals surface area contributed by atoms with E-state index in [1.807, 2.05) is 12.1 Å². The first kappa shape index (κ1) is 25.1. The molecule has 0 heterocycles. The molecule has 0 spiro atoms. The topological polar surface area (TPSA) is 18.5 Å². The molecule has 0 unspecified atom stereocenters. The molecule has 31 heavy (non-hydrogen) atoms. The SMILES string of the molecule is COc1ccc([Te]c2ccc(OC)c(-c3ccccc3)c2)cc1-c1ccccc1.Cl.Cl. The van der Waals surface area contributed by atoms with E-state index in [-0.39, 0.29) is 24.8 Å². The van der Waals surface area contributed by atoms with E-state index in [2.05, 4.69) is 84.9 Å². The Morgan fingerprint density at radius 3 is 1.26 bits per heavy atom. The van der Waals surface area contributed by atoms with E-state index >= 15 is 0 Å². The van der Waals surface area contributed by atoms with Crippen molar-refractivity contribution in [3.05, 3.63) is 97.1 Å². The molecule has 0 N–H and O–H groups in total. The van der Waals surface area contributed by atoms with Crippen LogP contribution in [0.2, 0.25) is 0 Å². The summed E-state index contributed by atoms with van der Waals surface area (Å²) in [6, 6.07) is 34.0. The first-order valence-corrected chi connectivity index (χ1v) is 11.8. The van der Waals surface area contributed by atoms with E-state index in [4.69, 9.17) is 9.47 Å². The van der Waals surface area contributed by atoms with Crippen molar-refractivity contribution in [2.24, 2.45) is 0 Å². The molecule has 0 saturated heterocycles. The summed E-state index contributed by atoms with van der Waals surface area (Å²) in [4.78, 5) is 0. The van der Waals surface area contributed by atoms with E-state index in [0.29, 0.717) is 0 Å². The Hall–Kier alpha value is -2.15. The predicted molar refractivity (Wildman–Crippen MR) is 136 cm³/mol. The van der Waals surface area contributed by atoms with Crippen LogP contribution in [0.15, 0.2) is 97.1 Å². The van der Waals surface area contributed by atoms with Crippen LogP contribution in [0, 0.1) is 0 Å². The summed E-state index contributed by atoms with van der Waals surface area (Å²) in [6.07, 6.45) is 0. The summed E-state index contributed by atoms with van der Waals surface area (Å²) < 4.78 is 14.0. The molecule has 0 bridgehead atoms. The second-order valence-electron chi connectivity index (χ2n) is 6.56. The molecule has 4 rings (SSSR count). The maximum absolute atomic E-state index is 5.61. The summed E-state index contributed by atoms with van der Waals surface area (Å²) in [5.74, 6) is 1.82. The second kappa shape index (κ2) is 12.0. The average Bonchev–Trinajstić information content (AvgIpc) is 2.80. The van der Waals surface area contributed by atoms with E-state index in [1.54, 1.807) is 14.2 Å². The normalized spacial score (nSPS) is 9.87. The summed E-state index contributed by atoms with van der Waals surface area (Å²) in [5.41, 5.74) is 4.65. The molecular weight excluding hydrogens is 543 g/mol. The van der Waals surface area contributed by atoms with Crippen LogP contribution in [0.4, 0.5) is 0 Å². The number of benzene rings is 4. The van der Waals surface area contributed by atoms with Crippen LogP contribution in [0.5, 0.6) is 11.5 Å². The standard InChI is InChI=1S/C26H22O2Te.2ClH/c1-27-25-15-13-21(17-23(25)19-9-5-3-6-10-19)29-22-14-16-26(28-2)24(18-22)20-11-7-4-8-12-20;;/h3-18H,1-2H3;2*1H. The Bertz CT molecular complexity index is 1010. The summed E-state index contributed by atoms with van der Waals surface area (Å²) in [5, 5.41) is 0. The minimum atomic E-state index is -0.550. The van der Waals surface area contributed by atoms with Crippen molar-refractivity contribution >= 4 is 53.0 Å². The van der Waals surface area contributed by atoms with Crippen molar-refractivity contribution in [1.29, 1.82) is 0 Å². The maximum atomic E-state index is 5.61. The summed E-state index contributed by atoms with van der Waals surface area (Å²) >= 11 is -0.550. The Morgan fingerprint density at radius 1 is 0.516 bits per heavy atom. The predicted octanol–water partition coefficient (Wildman–Crippen LogP) is 5.54. The Labute approximate surface area is 206 Å². The van der Waals surface area contributed by atoms with Crippen LogP contribution >= 0.6 is 24.8 Å². The molecular formula is C26H24Cl2O2Te. The smallest absolute Gasteiger partial charge is 0.147 e. The van der Waals surface area contributed by atoms with Crippen LogP contribution in [0.3, 0.4) is 0 Å². The summed E-state index contributed by atoms with van der Waals surface area (Å²) in [6.45, 7) is 0. The fourth-order valence-electron chi connectivity index (χ4n) is 3.32. The van der Waals surface area contributed by atoms with Crippen LogP contribution in [0.1, 0.15) is 0 Å². The van der Waals surface area contributed by atoms with E-state index < -0.39 is 20.9 Å². The molecule has 0 atom stereocenters. The van der Waals surface area contributed by atoms with Gasteiger partial charge in [0.05, 0.1) is 0 Å². The number of rotatable bonds is 6. The Morgan fingerprint density at radius 2 is 0.903 bits per heavy atom. The van der Waals surface area contributed by atoms with Crippen LogP contribution in [-0.4, -0.2) is 35.1 Å².